The molecule has 19 heavy (non-hydrogen) atoms. The van der Waals surface area contributed by atoms with Crippen LogP contribution in [0.1, 0.15) is 46.5 Å². The Kier molecular flexibility index (Phi) is 4.87. The van der Waals surface area contributed by atoms with Crippen LogP contribution >= 0.6 is 0 Å². The predicted octanol–water partition coefficient (Wildman–Crippen LogP) is 1.51. The molecule has 5 nitrogen and oxygen atoms in total. The van der Waals surface area contributed by atoms with Gasteiger partial charge in [0.1, 0.15) is 0 Å². The van der Waals surface area contributed by atoms with Gasteiger partial charge in [0.15, 0.2) is 0 Å². The highest BCUT2D eigenvalue weighted by Crippen LogP contribution is 2.24. The second-order valence-corrected chi connectivity index (χ2v) is 7.86. The second-order valence-electron chi connectivity index (χ2n) is 6.15. The molecule has 0 radical (unpaired) electrons. The minimum Gasteiger partial charge on any atom is -0.373 e. The quantitative estimate of drug-likeness (QED) is 0.857. The molecule has 1 saturated carbocycles. The average Bonchev–Trinajstić information content (AvgIpc) is 2.31. The molecule has 2 atom stereocenters. The van der Waals surface area contributed by atoms with Crippen LogP contribution in [0.15, 0.2) is 0 Å². The summed E-state index contributed by atoms with van der Waals surface area (Å²) < 4.78 is 34.8. The van der Waals surface area contributed by atoms with Crippen LogP contribution in [-0.2, 0) is 14.9 Å². The van der Waals surface area contributed by atoms with Crippen LogP contribution in [0.25, 0.3) is 0 Å². The summed E-state index contributed by atoms with van der Waals surface area (Å²) in [6.07, 6.45) is 4.07. The van der Waals surface area contributed by atoms with E-state index in [2.05, 4.69) is 11.6 Å². The van der Waals surface area contributed by atoms with Gasteiger partial charge < -0.3 is 4.74 Å². The fourth-order valence-electron chi connectivity index (χ4n) is 2.99. The molecule has 1 aliphatic carbocycles. The maximum Gasteiger partial charge on any atom is 0.279 e. The molecule has 6 heteroatoms. The predicted molar refractivity (Wildman–Crippen MR) is 75.1 cm³/mol. The fourth-order valence-corrected chi connectivity index (χ4v) is 4.61. The molecule has 0 unspecified atom stereocenters. The van der Waals surface area contributed by atoms with Crippen LogP contribution < -0.4 is 4.72 Å². The Morgan fingerprint density at radius 3 is 2.05 bits per heavy atom. The lowest BCUT2D eigenvalue weighted by Gasteiger charge is -2.36. The van der Waals surface area contributed by atoms with Crippen LogP contribution in [-0.4, -0.2) is 44.1 Å². The summed E-state index contributed by atoms with van der Waals surface area (Å²) in [5, 5.41) is 0. The molecule has 0 bridgehead atoms. The van der Waals surface area contributed by atoms with Gasteiger partial charge in [-0.1, -0.05) is 6.92 Å². The van der Waals surface area contributed by atoms with E-state index in [1.54, 1.807) is 0 Å². The van der Waals surface area contributed by atoms with E-state index in [-0.39, 0.29) is 18.2 Å². The summed E-state index contributed by atoms with van der Waals surface area (Å²) in [5.41, 5.74) is 0. The smallest absolute Gasteiger partial charge is 0.279 e. The lowest BCUT2D eigenvalue weighted by molar-refractivity contribution is -0.0445. The molecular formula is C13H26N2O3S. The highest BCUT2D eigenvalue weighted by molar-refractivity contribution is 7.87. The maximum atomic E-state index is 12.4. The molecule has 1 N–H and O–H groups in total. The van der Waals surface area contributed by atoms with Crippen LogP contribution in [0.2, 0.25) is 0 Å². The Hall–Kier alpha value is -0.170. The molecule has 1 aliphatic heterocycles. The van der Waals surface area contributed by atoms with Crippen LogP contribution in [0.3, 0.4) is 0 Å². The monoisotopic (exact) mass is 290 g/mol. The van der Waals surface area contributed by atoms with Gasteiger partial charge in [-0.05, 0) is 45.4 Å². The molecule has 0 amide bonds. The number of morpholine rings is 1. The number of ether oxygens (including phenoxy) is 1. The van der Waals surface area contributed by atoms with Crippen molar-refractivity contribution in [2.24, 2.45) is 5.92 Å². The zero-order valence-electron chi connectivity index (χ0n) is 12.1. The van der Waals surface area contributed by atoms with Gasteiger partial charge in [0, 0.05) is 19.1 Å². The summed E-state index contributed by atoms with van der Waals surface area (Å²) in [6, 6.07) is 0.106. The standard InChI is InChI=1S/C13H26N2O3S/c1-10-4-6-13(7-5-10)14-19(16,17)15-8-11(2)18-12(3)9-15/h10-14H,4-9H2,1-3H3/t10?,11-,12+,13?. The number of nitrogens with one attached hydrogen (secondary N) is 1. The van der Waals surface area contributed by atoms with Crippen molar-refractivity contribution in [2.45, 2.75) is 64.7 Å². The van der Waals surface area contributed by atoms with Gasteiger partial charge in [0.2, 0.25) is 0 Å². The van der Waals surface area contributed by atoms with Gasteiger partial charge in [0.25, 0.3) is 10.2 Å². The molecule has 2 rings (SSSR count). The lowest BCUT2D eigenvalue weighted by Crippen LogP contribution is -2.54. The minimum absolute atomic E-state index is 0.0355. The lowest BCUT2D eigenvalue weighted by atomic mass is 9.88. The van der Waals surface area contributed by atoms with Crippen molar-refractivity contribution in [3.63, 3.8) is 0 Å². The van der Waals surface area contributed by atoms with Crippen LogP contribution in [0.5, 0.6) is 0 Å². The second kappa shape index (κ2) is 6.08. The van der Waals surface area contributed by atoms with Gasteiger partial charge in [-0.3, -0.25) is 0 Å². The number of hydrogen-bond acceptors (Lipinski definition) is 3. The van der Waals surface area contributed by atoms with Crippen molar-refractivity contribution in [1.82, 2.24) is 9.03 Å². The van der Waals surface area contributed by atoms with Crippen LogP contribution in [0, 0.1) is 5.92 Å². The Morgan fingerprint density at radius 2 is 1.53 bits per heavy atom. The van der Waals surface area contributed by atoms with Gasteiger partial charge in [-0.25, -0.2) is 0 Å². The highest BCUT2D eigenvalue weighted by Gasteiger charge is 2.33. The van der Waals surface area contributed by atoms with Gasteiger partial charge >= 0.3 is 0 Å². The first-order valence-electron chi connectivity index (χ1n) is 7.29. The summed E-state index contributed by atoms with van der Waals surface area (Å²) in [6.45, 7) is 6.96. The molecular weight excluding hydrogens is 264 g/mol. The summed E-state index contributed by atoms with van der Waals surface area (Å²) in [5.74, 6) is 0.726. The summed E-state index contributed by atoms with van der Waals surface area (Å²) in [7, 11) is -3.36. The van der Waals surface area contributed by atoms with E-state index >= 15 is 0 Å². The van der Waals surface area contributed by atoms with Crippen LogP contribution in [0.4, 0.5) is 0 Å². The van der Waals surface area contributed by atoms with Gasteiger partial charge in [0.05, 0.1) is 12.2 Å². The Morgan fingerprint density at radius 1 is 1.00 bits per heavy atom. The van der Waals surface area contributed by atoms with Crippen molar-refractivity contribution in [1.29, 1.82) is 0 Å². The first-order valence-corrected chi connectivity index (χ1v) is 8.73. The normalized spacial score (nSPS) is 38.3. The third kappa shape index (κ3) is 4.15. The van der Waals surface area contributed by atoms with E-state index in [0.29, 0.717) is 13.1 Å². The summed E-state index contributed by atoms with van der Waals surface area (Å²) >= 11 is 0. The third-order valence-corrected chi connectivity index (χ3v) is 5.67. The highest BCUT2D eigenvalue weighted by atomic mass is 32.2. The first kappa shape index (κ1) is 15.2. The van der Waals surface area contributed by atoms with Crippen molar-refractivity contribution in [3.05, 3.63) is 0 Å². The topological polar surface area (TPSA) is 58.6 Å². The Balaban J connectivity index is 1.94. The molecule has 0 aromatic heterocycles. The Bertz CT molecular complexity index is 381. The van der Waals surface area contributed by atoms with Gasteiger partial charge in [-0.2, -0.15) is 17.4 Å². The van der Waals surface area contributed by atoms with E-state index in [4.69, 9.17) is 4.74 Å². The molecule has 2 fully saturated rings. The molecule has 2 aliphatic rings. The van der Waals surface area contributed by atoms with Crippen molar-refractivity contribution < 1.29 is 13.2 Å². The number of nitrogens with zero attached hydrogens (tertiary/aromatic N) is 1. The number of rotatable bonds is 3. The molecule has 0 aromatic rings. The first-order chi connectivity index (χ1) is 8.87. The van der Waals surface area contributed by atoms with E-state index in [1.165, 1.54) is 4.31 Å². The van der Waals surface area contributed by atoms with Gasteiger partial charge in [-0.15, -0.1) is 0 Å². The molecule has 1 saturated heterocycles. The number of hydrogen-bond donors (Lipinski definition) is 1. The van der Waals surface area contributed by atoms with Crippen molar-refractivity contribution >= 4 is 10.2 Å². The Labute approximate surface area is 116 Å². The van der Waals surface area contributed by atoms with E-state index in [9.17, 15) is 8.42 Å². The maximum absolute atomic E-state index is 12.4. The van der Waals surface area contributed by atoms with Crippen molar-refractivity contribution in [2.75, 3.05) is 13.1 Å². The molecule has 1 heterocycles. The molecule has 0 aromatic carbocycles. The van der Waals surface area contributed by atoms with E-state index in [0.717, 1.165) is 31.6 Å². The minimum atomic E-state index is -3.36. The summed E-state index contributed by atoms with van der Waals surface area (Å²) in [4.78, 5) is 0. The molecule has 112 valence electrons. The fraction of sp³-hybridized carbons (Fsp3) is 1.00. The third-order valence-electron chi connectivity index (χ3n) is 4.06. The van der Waals surface area contributed by atoms with Crippen molar-refractivity contribution in [3.8, 4) is 0 Å². The largest absolute Gasteiger partial charge is 0.373 e. The van der Waals surface area contributed by atoms with E-state index < -0.39 is 10.2 Å². The SMILES string of the molecule is CC1CCC(NS(=O)(=O)N2C[C@@H](C)O[C@@H](C)C2)CC1. The zero-order valence-corrected chi connectivity index (χ0v) is 12.9. The van der Waals surface area contributed by atoms with E-state index in [1.807, 2.05) is 13.8 Å². The average molecular weight is 290 g/mol. The molecule has 0 spiro atoms. The zero-order chi connectivity index (χ0) is 14.0.